The lowest BCUT2D eigenvalue weighted by atomic mass is 10.2. The highest BCUT2D eigenvalue weighted by Gasteiger charge is 2.19. The zero-order valence-corrected chi connectivity index (χ0v) is 18.4. The van der Waals surface area contributed by atoms with Crippen LogP contribution in [0.4, 0.5) is 0 Å². The van der Waals surface area contributed by atoms with E-state index in [-0.39, 0.29) is 24.6 Å². The van der Waals surface area contributed by atoms with Gasteiger partial charge in [0, 0.05) is 25.2 Å². The Bertz CT molecular complexity index is 1120. The van der Waals surface area contributed by atoms with E-state index in [0.29, 0.717) is 17.3 Å². The number of aryl methyl sites for hydroxylation is 2. The van der Waals surface area contributed by atoms with E-state index < -0.39 is 16.0 Å². The van der Waals surface area contributed by atoms with Crippen LogP contribution in [0.25, 0.3) is 10.6 Å². The van der Waals surface area contributed by atoms with Gasteiger partial charge in [0.15, 0.2) is 5.03 Å². The number of benzene rings is 1. The fourth-order valence-corrected chi connectivity index (χ4v) is 4.46. The van der Waals surface area contributed by atoms with Crippen LogP contribution in [0, 0.1) is 6.92 Å². The molecule has 3 rings (SSSR count). The van der Waals surface area contributed by atoms with Crippen molar-refractivity contribution in [3.8, 4) is 16.3 Å². The fraction of sp³-hybridized carbons (Fsp3) is 0.316. The molecule has 0 spiro atoms. The van der Waals surface area contributed by atoms with Crippen molar-refractivity contribution in [2.45, 2.75) is 25.0 Å². The number of para-hydroxylation sites is 1. The molecular formula is C19H22N4O5S2. The first kappa shape index (κ1) is 21.9. The van der Waals surface area contributed by atoms with Crippen LogP contribution >= 0.6 is 11.3 Å². The second-order valence-corrected chi connectivity index (χ2v) is 8.96. The topological polar surface area (TPSA) is 112 Å². The number of ether oxygens (including phenoxy) is 2. The number of rotatable bonds is 9. The number of methoxy groups -OCH3 is 1. The molecular weight excluding hydrogens is 428 g/mol. The van der Waals surface area contributed by atoms with E-state index in [1.54, 1.807) is 31.0 Å². The van der Waals surface area contributed by atoms with Crippen molar-refractivity contribution in [2.75, 3.05) is 13.7 Å². The fourth-order valence-electron chi connectivity index (χ4n) is 2.56. The Morgan fingerprint density at radius 1 is 1.27 bits per heavy atom. The van der Waals surface area contributed by atoms with Gasteiger partial charge in [-0.25, -0.2) is 23.1 Å². The van der Waals surface area contributed by atoms with Crippen LogP contribution < -0.4 is 9.46 Å². The lowest BCUT2D eigenvalue weighted by Crippen LogP contribution is -2.27. The van der Waals surface area contributed by atoms with Crippen LogP contribution in [0.2, 0.25) is 0 Å². The molecule has 2 heterocycles. The Kier molecular flexibility index (Phi) is 6.85. The molecule has 30 heavy (non-hydrogen) atoms. The highest BCUT2D eigenvalue weighted by molar-refractivity contribution is 7.89. The molecule has 160 valence electrons. The molecule has 0 aliphatic carbocycles. The van der Waals surface area contributed by atoms with Crippen molar-refractivity contribution < 1.29 is 22.7 Å². The molecule has 2 aromatic heterocycles. The van der Waals surface area contributed by atoms with Gasteiger partial charge < -0.3 is 14.0 Å². The van der Waals surface area contributed by atoms with Crippen molar-refractivity contribution in [1.82, 2.24) is 19.3 Å². The van der Waals surface area contributed by atoms with Crippen molar-refractivity contribution in [2.24, 2.45) is 7.05 Å². The number of aromatic nitrogens is 3. The average Bonchev–Trinajstić information content (AvgIpc) is 3.33. The number of thiazole rings is 1. The van der Waals surface area contributed by atoms with Gasteiger partial charge in [0.05, 0.1) is 24.8 Å². The number of carbonyl (C=O) groups excluding carboxylic acids is 1. The highest BCUT2D eigenvalue weighted by atomic mass is 32.2. The third-order valence-corrected chi connectivity index (χ3v) is 6.51. The number of nitrogens with zero attached hydrogens (tertiary/aromatic N) is 3. The summed E-state index contributed by atoms with van der Waals surface area (Å²) in [5.74, 6) is 0.762. The number of imidazole rings is 1. The predicted octanol–water partition coefficient (Wildman–Crippen LogP) is 2.27. The summed E-state index contributed by atoms with van der Waals surface area (Å²) < 4.78 is 38.9. The molecule has 0 aliphatic rings. The summed E-state index contributed by atoms with van der Waals surface area (Å²) in [5.41, 5.74) is 1.47. The summed E-state index contributed by atoms with van der Waals surface area (Å²) in [7, 11) is -0.470. The van der Waals surface area contributed by atoms with Crippen molar-refractivity contribution in [3.05, 3.63) is 47.4 Å². The van der Waals surface area contributed by atoms with Gasteiger partial charge >= 0.3 is 5.97 Å². The molecule has 3 aromatic rings. The van der Waals surface area contributed by atoms with Crippen molar-refractivity contribution >= 4 is 27.3 Å². The Hall–Kier alpha value is -2.76. The number of nitrogens with one attached hydrogen (secondary N) is 1. The summed E-state index contributed by atoms with van der Waals surface area (Å²) in [6.07, 6.45) is 1.31. The molecule has 0 atom stereocenters. The molecule has 0 saturated heterocycles. The Morgan fingerprint density at radius 3 is 2.73 bits per heavy atom. The molecule has 11 heteroatoms. The van der Waals surface area contributed by atoms with Crippen LogP contribution in [0.3, 0.4) is 0 Å². The van der Waals surface area contributed by atoms with E-state index in [4.69, 9.17) is 9.47 Å². The summed E-state index contributed by atoms with van der Waals surface area (Å²) in [4.78, 5) is 20.4. The zero-order chi connectivity index (χ0) is 21.7. The van der Waals surface area contributed by atoms with E-state index in [0.717, 1.165) is 10.6 Å². The normalized spacial score (nSPS) is 11.4. The van der Waals surface area contributed by atoms with Crippen LogP contribution in [-0.2, 0) is 33.2 Å². The van der Waals surface area contributed by atoms with E-state index >= 15 is 0 Å². The van der Waals surface area contributed by atoms with Gasteiger partial charge in [0.25, 0.3) is 10.0 Å². The molecule has 0 aliphatic heterocycles. The molecule has 1 N–H and O–H groups in total. The Balaban J connectivity index is 1.49. The maximum absolute atomic E-state index is 12.2. The molecule has 9 nitrogen and oxygen atoms in total. The average molecular weight is 451 g/mol. The smallest absolute Gasteiger partial charge is 0.307 e. The molecule has 0 amide bonds. The second-order valence-electron chi connectivity index (χ2n) is 6.39. The summed E-state index contributed by atoms with van der Waals surface area (Å²) in [6, 6.07) is 7.53. The van der Waals surface area contributed by atoms with E-state index in [2.05, 4.69) is 14.7 Å². The largest absolute Gasteiger partial charge is 0.496 e. The van der Waals surface area contributed by atoms with Gasteiger partial charge in [-0.3, -0.25) is 4.79 Å². The van der Waals surface area contributed by atoms with Crippen molar-refractivity contribution in [1.29, 1.82) is 0 Å². The minimum atomic E-state index is -3.77. The van der Waals surface area contributed by atoms with Crippen molar-refractivity contribution in [3.63, 3.8) is 0 Å². The van der Waals surface area contributed by atoms with Gasteiger partial charge in [-0.15, -0.1) is 11.3 Å². The van der Waals surface area contributed by atoms with Crippen LogP contribution in [0.1, 0.15) is 17.9 Å². The number of hydrogen-bond acceptors (Lipinski definition) is 8. The molecule has 0 fully saturated rings. The first-order valence-electron chi connectivity index (χ1n) is 9.03. The maximum atomic E-state index is 12.2. The van der Waals surface area contributed by atoms with Gasteiger partial charge in [-0.2, -0.15) is 0 Å². The third-order valence-electron chi connectivity index (χ3n) is 4.25. The van der Waals surface area contributed by atoms with Gasteiger partial charge in [0.2, 0.25) is 0 Å². The molecule has 0 saturated carbocycles. The molecule has 0 radical (unpaired) electrons. The van der Waals surface area contributed by atoms with E-state index in [1.807, 2.05) is 24.3 Å². The summed E-state index contributed by atoms with van der Waals surface area (Å²) >= 11 is 1.42. The predicted molar refractivity (Wildman–Crippen MR) is 112 cm³/mol. The lowest BCUT2D eigenvalue weighted by molar-refractivity contribution is -0.144. The Labute approximate surface area is 178 Å². The first-order chi connectivity index (χ1) is 14.3. The molecule has 1 aromatic carbocycles. The maximum Gasteiger partial charge on any atom is 0.307 e. The molecule has 0 bridgehead atoms. The number of carbonyl (C=O) groups is 1. The summed E-state index contributed by atoms with van der Waals surface area (Å²) in [6.45, 7) is 1.63. The van der Waals surface area contributed by atoms with E-state index in [9.17, 15) is 13.2 Å². The van der Waals surface area contributed by atoms with Gasteiger partial charge in [-0.1, -0.05) is 12.1 Å². The first-order valence-corrected chi connectivity index (χ1v) is 11.4. The highest BCUT2D eigenvalue weighted by Crippen LogP contribution is 2.31. The van der Waals surface area contributed by atoms with Gasteiger partial charge in [0.1, 0.15) is 23.2 Å². The molecule has 0 unspecified atom stereocenters. The number of esters is 1. The summed E-state index contributed by atoms with van der Waals surface area (Å²) in [5, 5.41) is 2.49. The lowest BCUT2D eigenvalue weighted by Gasteiger charge is -2.05. The standard InChI is InChI=1S/C19H22N4O5S2/c1-13-21-17(10-23(13)2)30(25,26)20-9-8-18(24)28-11-14-12-29-19(22-14)15-6-4-5-7-16(15)27-3/h4-7,10,12,20H,8-9,11H2,1-3H3. The Morgan fingerprint density at radius 2 is 2.03 bits per heavy atom. The minimum Gasteiger partial charge on any atom is -0.496 e. The third kappa shape index (κ3) is 5.23. The quantitative estimate of drug-likeness (QED) is 0.498. The van der Waals surface area contributed by atoms with E-state index in [1.165, 1.54) is 17.5 Å². The van der Waals surface area contributed by atoms with Crippen LogP contribution in [0.5, 0.6) is 5.75 Å². The number of sulfonamides is 1. The monoisotopic (exact) mass is 450 g/mol. The van der Waals surface area contributed by atoms with Gasteiger partial charge in [-0.05, 0) is 19.1 Å². The second kappa shape index (κ2) is 9.37. The zero-order valence-electron chi connectivity index (χ0n) is 16.8. The SMILES string of the molecule is COc1ccccc1-c1nc(COC(=O)CCNS(=O)(=O)c2cn(C)c(C)n2)cs1. The van der Waals surface area contributed by atoms with Crippen LogP contribution in [0.15, 0.2) is 40.9 Å². The minimum absolute atomic E-state index is 0.0106. The number of hydrogen-bond donors (Lipinski definition) is 1. The van der Waals surface area contributed by atoms with Crippen LogP contribution in [-0.4, -0.2) is 42.6 Å².